The third-order valence-electron chi connectivity index (χ3n) is 8.22. The molecule has 50 heavy (non-hydrogen) atoms. The molecule has 0 aliphatic heterocycles. The lowest BCUT2D eigenvalue weighted by atomic mass is 10.1. The molecule has 2 heterocycles. The van der Waals surface area contributed by atoms with Crippen LogP contribution in [0.3, 0.4) is 0 Å². The number of nitrogens with zero attached hydrogens (tertiary/aromatic N) is 6. The van der Waals surface area contributed by atoms with E-state index >= 15 is 0 Å². The fourth-order valence-corrected chi connectivity index (χ4v) is 5.22. The molecule has 0 atom stereocenters. The average molecular weight is 685 g/mol. The summed E-state index contributed by atoms with van der Waals surface area (Å²) in [5.74, 6) is -0.520. The largest absolute Gasteiger partial charge is 0.488 e. The molecule has 0 radical (unpaired) electrons. The number of carbonyl (C=O) groups is 4. The third-order valence-corrected chi connectivity index (χ3v) is 8.22. The molecule has 262 valence electrons. The Morgan fingerprint density at radius 2 is 1.06 bits per heavy atom. The standard InChI is InChI=1S/C34H40N10O6/c1-5-35-31(45)21-7-13-25(43-19(3)29(39-41-43)33(47)37-23-9-10-23)27(17-21)49-15-16-50-28-18-22(32(46)36-6-2)8-14-26(28)44-20(4)30(40-42-44)34(48)38-24-11-12-24/h7-8,13-14,17-18,23-24H,5-6,9-12,15-16H2,1-4H3,(H,35,45)(H,36,46)(H,37,47)(H,38,48). The Morgan fingerprint density at radius 1 is 0.660 bits per heavy atom. The van der Waals surface area contributed by atoms with Gasteiger partial charge in [-0.05, 0) is 89.8 Å². The minimum Gasteiger partial charge on any atom is -0.488 e. The molecule has 2 saturated carbocycles. The summed E-state index contributed by atoms with van der Waals surface area (Å²) < 4.78 is 15.4. The maximum Gasteiger partial charge on any atom is 0.273 e. The molecule has 2 aromatic carbocycles. The van der Waals surface area contributed by atoms with Gasteiger partial charge in [-0.1, -0.05) is 10.4 Å². The van der Waals surface area contributed by atoms with E-state index in [9.17, 15) is 19.2 Å². The zero-order valence-corrected chi connectivity index (χ0v) is 28.4. The predicted molar refractivity (Wildman–Crippen MR) is 180 cm³/mol. The van der Waals surface area contributed by atoms with Gasteiger partial charge in [0.2, 0.25) is 0 Å². The molecule has 0 bridgehead atoms. The topological polar surface area (TPSA) is 196 Å². The zero-order valence-electron chi connectivity index (χ0n) is 28.4. The van der Waals surface area contributed by atoms with Crippen LogP contribution >= 0.6 is 0 Å². The van der Waals surface area contributed by atoms with E-state index in [-0.39, 0.29) is 60.3 Å². The van der Waals surface area contributed by atoms with Crippen molar-refractivity contribution in [2.24, 2.45) is 0 Å². The molecule has 4 aromatic rings. The second-order valence-corrected chi connectivity index (χ2v) is 12.1. The van der Waals surface area contributed by atoms with E-state index < -0.39 is 0 Å². The number of amides is 4. The third kappa shape index (κ3) is 7.58. The molecule has 4 amide bonds. The smallest absolute Gasteiger partial charge is 0.273 e. The molecule has 16 heteroatoms. The number of nitrogens with one attached hydrogen (secondary N) is 4. The highest BCUT2D eigenvalue weighted by atomic mass is 16.5. The van der Waals surface area contributed by atoms with Gasteiger partial charge in [-0.2, -0.15) is 0 Å². The second kappa shape index (κ2) is 14.8. The molecule has 0 unspecified atom stereocenters. The van der Waals surface area contributed by atoms with Crippen molar-refractivity contribution in [1.29, 1.82) is 0 Å². The van der Waals surface area contributed by atoms with Crippen LogP contribution in [0.15, 0.2) is 36.4 Å². The van der Waals surface area contributed by atoms with Gasteiger partial charge in [0.1, 0.15) is 36.1 Å². The van der Waals surface area contributed by atoms with Gasteiger partial charge in [0.15, 0.2) is 11.4 Å². The van der Waals surface area contributed by atoms with Crippen LogP contribution in [0.25, 0.3) is 11.4 Å². The van der Waals surface area contributed by atoms with Crippen LogP contribution < -0.4 is 30.7 Å². The van der Waals surface area contributed by atoms with E-state index in [0.717, 1.165) is 25.7 Å². The first kappa shape index (κ1) is 34.1. The Labute approximate surface area is 288 Å². The maximum absolute atomic E-state index is 12.8. The van der Waals surface area contributed by atoms with Crippen molar-refractivity contribution < 1.29 is 28.7 Å². The molecule has 2 aliphatic rings. The molecule has 4 N–H and O–H groups in total. The lowest BCUT2D eigenvalue weighted by Gasteiger charge is -2.16. The van der Waals surface area contributed by atoms with E-state index in [0.29, 0.717) is 58.5 Å². The summed E-state index contributed by atoms with van der Waals surface area (Å²) in [6.45, 7) is 8.06. The van der Waals surface area contributed by atoms with E-state index in [1.165, 1.54) is 9.36 Å². The van der Waals surface area contributed by atoms with Crippen LogP contribution in [0.1, 0.15) is 92.6 Å². The van der Waals surface area contributed by atoms with Crippen LogP contribution in [0, 0.1) is 13.8 Å². The van der Waals surface area contributed by atoms with Gasteiger partial charge in [0.25, 0.3) is 23.6 Å². The van der Waals surface area contributed by atoms with Crippen molar-refractivity contribution in [1.82, 2.24) is 51.3 Å². The molecule has 6 rings (SSSR count). The first-order valence-electron chi connectivity index (χ1n) is 16.8. The van der Waals surface area contributed by atoms with Crippen LogP contribution in [0.5, 0.6) is 11.5 Å². The Kier molecular flexibility index (Phi) is 10.1. The predicted octanol–water partition coefficient (Wildman–Crippen LogP) is 2.21. The fourth-order valence-electron chi connectivity index (χ4n) is 5.22. The van der Waals surface area contributed by atoms with Crippen LogP contribution in [0.2, 0.25) is 0 Å². The monoisotopic (exact) mass is 684 g/mol. The number of hydrogen-bond donors (Lipinski definition) is 4. The molecular formula is C34H40N10O6. The summed E-state index contributed by atoms with van der Waals surface area (Å²) in [7, 11) is 0. The summed E-state index contributed by atoms with van der Waals surface area (Å²) in [6.07, 6.45) is 3.76. The Bertz CT molecular complexity index is 1790. The first-order valence-corrected chi connectivity index (χ1v) is 16.8. The summed E-state index contributed by atoms with van der Waals surface area (Å²) in [5.41, 5.74) is 3.12. The highest BCUT2D eigenvalue weighted by molar-refractivity contribution is 5.96. The SMILES string of the molecule is CCNC(=O)c1ccc(-n2nnc(C(=O)NC3CC3)c2C)c(OCCOc2cc(C(=O)NCC)ccc2-n2nnc(C(=O)NC3CC3)c2C)c1. The van der Waals surface area contributed by atoms with Gasteiger partial charge >= 0.3 is 0 Å². The van der Waals surface area contributed by atoms with Crippen molar-refractivity contribution in [3.8, 4) is 22.9 Å². The van der Waals surface area contributed by atoms with Crippen LogP contribution in [0.4, 0.5) is 0 Å². The minimum absolute atomic E-state index is 0.0187. The van der Waals surface area contributed by atoms with Gasteiger partial charge in [0.05, 0.1) is 11.4 Å². The maximum atomic E-state index is 12.8. The summed E-state index contributed by atoms with van der Waals surface area (Å²) in [6, 6.07) is 10.2. The van der Waals surface area contributed by atoms with Gasteiger partial charge in [-0.25, -0.2) is 9.36 Å². The average Bonchev–Trinajstić information content (AvgIpc) is 4.03. The quantitative estimate of drug-likeness (QED) is 0.135. The molecule has 2 aromatic heterocycles. The Hall–Kier alpha value is -5.80. The number of aromatic nitrogens is 6. The van der Waals surface area contributed by atoms with Crippen molar-refractivity contribution in [3.63, 3.8) is 0 Å². The van der Waals surface area contributed by atoms with Crippen LogP contribution in [-0.2, 0) is 0 Å². The number of ether oxygens (including phenoxy) is 2. The van der Waals surface area contributed by atoms with Crippen molar-refractivity contribution in [2.75, 3.05) is 26.3 Å². The van der Waals surface area contributed by atoms with Crippen molar-refractivity contribution >= 4 is 23.6 Å². The molecule has 2 fully saturated rings. The number of carbonyl (C=O) groups excluding carboxylic acids is 4. The van der Waals surface area contributed by atoms with Gasteiger partial charge in [-0.15, -0.1) is 10.2 Å². The summed E-state index contributed by atoms with van der Waals surface area (Å²) >= 11 is 0. The zero-order chi connectivity index (χ0) is 35.4. The minimum atomic E-state index is -0.296. The lowest BCUT2D eigenvalue weighted by molar-refractivity contribution is 0.0937. The molecular weight excluding hydrogens is 644 g/mol. The van der Waals surface area contributed by atoms with Gasteiger partial charge in [0, 0.05) is 36.3 Å². The van der Waals surface area contributed by atoms with E-state index in [2.05, 4.69) is 41.9 Å². The van der Waals surface area contributed by atoms with Crippen molar-refractivity contribution in [2.45, 2.75) is 65.5 Å². The Morgan fingerprint density at radius 3 is 1.42 bits per heavy atom. The van der Waals surface area contributed by atoms with E-state index in [4.69, 9.17) is 9.47 Å². The first-order chi connectivity index (χ1) is 24.2. The number of benzene rings is 2. The molecule has 0 saturated heterocycles. The highest BCUT2D eigenvalue weighted by Crippen LogP contribution is 2.29. The number of rotatable bonds is 15. The van der Waals surface area contributed by atoms with E-state index in [1.54, 1.807) is 50.2 Å². The lowest BCUT2D eigenvalue weighted by Crippen LogP contribution is -2.26. The highest BCUT2D eigenvalue weighted by Gasteiger charge is 2.29. The second-order valence-electron chi connectivity index (χ2n) is 12.1. The van der Waals surface area contributed by atoms with Gasteiger partial charge < -0.3 is 30.7 Å². The van der Waals surface area contributed by atoms with Gasteiger partial charge in [-0.3, -0.25) is 19.2 Å². The summed E-state index contributed by atoms with van der Waals surface area (Å²) in [4.78, 5) is 50.9. The molecule has 2 aliphatic carbocycles. The number of hydrogen-bond acceptors (Lipinski definition) is 10. The Balaban J connectivity index is 1.24. The molecule has 0 spiro atoms. The summed E-state index contributed by atoms with van der Waals surface area (Å²) in [5, 5.41) is 28.1. The van der Waals surface area contributed by atoms with Crippen LogP contribution in [-0.4, -0.2) is 92.0 Å². The molecule has 16 nitrogen and oxygen atoms in total. The normalized spacial score (nSPS) is 13.8. The fraction of sp³-hybridized carbons (Fsp3) is 0.412. The van der Waals surface area contributed by atoms with E-state index in [1.807, 2.05) is 13.8 Å². The van der Waals surface area contributed by atoms with Crippen molar-refractivity contribution in [3.05, 3.63) is 70.3 Å².